The van der Waals surface area contributed by atoms with Gasteiger partial charge in [0, 0.05) is 0 Å². The molecule has 0 unspecified atom stereocenters. The first-order valence-electron chi connectivity index (χ1n) is 3.43. The first kappa shape index (κ1) is 9.45. The van der Waals surface area contributed by atoms with Gasteiger partial charge in [0.15, 0.2) is 0 Å². The monoisotopic (exact) mass is 228 g/mol. The Morgan fingerprint density at radius 1 is 1.45 bits per heavy atom. The van der Waals surface area contributed by atoms with E-state index in [1.54, 1.807) is 0 Å². The van der Waals surface area contributed by atoms with Gasteiger partial charge in [-0.2, -0.15) is 0 Å². The Morgan fingerprint density at radius 2 is 2.09 bits per heavy atom. The molecule has 4 N–H and O–H groups in total. The molecule has 0 aromatic carbocycles. The average molecular weight is 227 g/mol. The fourth-order valence-electron chi connectivity index (χ4n) is 1.07. The summed E-state index contributed by atoms with van der Waals surface area (Å²) in [4.78, 5) is -0.303. The van der Waals surface area contributed by atoms with E-state index in [0.29, 0.717) is 5.32 Å². The average Bonchev–Trinajstić information content (AvgIpc) is 2.32. The molecular weight excluding hydrogens is 215 g/mol. The van der Waals surface area contributed by atoms with Gasteiger partial charge in [0.1, 0.15) is 0 Å². The van der Waals surface area contributed by atoms with E-state index in [1.165, 1.54) is 0 Å². The van der Waals surface area contributed by atoms with Gasteiger partial charge >= 0.3 is 70.4 Å². The molecule has 1 heterocycles. The Hall–Kier alpha value is 0.359. The van der Waals surface area contributed by atoms with Gasteiger partial charge in [0.05, 0.1) is 0 Å². The van der Waals surface area contributed by atoms with Crippen LogP contribution in [0, 0.1) is 0 Å². The molecule has 66 valence electrons. The summed E-state index contributed by atoms with van der Waals surface area (Å²) in [6, 6.07) is 0. The molecule has 0 aromatic heterocycles. The zero-order valence-electron chi connectivity index (χ0n) is 5.92. The molecule has 0 radical (unpaired) electrons. The van der Waals surface area contributed by atoms with Gasteiger partial charge in [-0.3, -0.25) is 0 Å². The van der Waals surface area contributed by atoms with Crippen molar-refractivity contribution < 1.29 is 20.4 Å². The maximum absolute atomic E-state index is 9.25. The summed E-state index contributed by atoms with van der Waals surface area (Å²) in [6.07, 6.45) is -2.43. The number of aliphatic hydroxyl groups excluding tert-OH is 4. The van der Waals surface area contributed by atoms with Crippen molar-refractivity contribution in [1.29, 1.82) is 0 Å². The molecule has 4 nitrogen and oxygen atoms in total. The van der Waals surface area contributed by atoms with Gasteiger partial charge in [-0.15, -0.1) is 0 Å². The fraction of sp³-hybridized carbons (Fsp3) is 1.00. The van der Waals surface area contributed by atoms with Crippen LogP contribution in [0.5, 0.6) is 0 Å². The van der Waals surface area contributed by atoms with Crippen LogP contribution in [-0.2, 0) is 0 Å². The molecule has 0 spiro atoms. The Labute approximate surface area is 71.0 Å². The molecular formula is C6H12O4Se. The molecule has 4 atom stereocenters. The summed E-state index contributed by atoms with van der Waals surface area (Å²) < 4.78 is 0. The topological polar surface area (TPSA) is 80.9 Å². The summed E-state index contributed by atoms with van der Waals surface area (Å²) in [7, 11) is 0. The first-order valence-corrected chi connectivity index (χ1v) is 5.63. The van der Waals surface area contributed by atoms with Crippen molar-refractivity contribution in [3.63, 3.8) is 0 Å². The molecule has 0 amide bonds. The minimum atomic E-state index is -0.873. The van der Waals surface area contributed by atoms with Crippen molar-refractivity contribution in [2.24, 2.45) is 0 Å². The van der Waals surface area contributed by atoms with E-state index in [2.05, 4.69) is 0 Å². The summed E-state index contributed by atoms with van der Waals surface area (Å²) in [5.74, 6) is 0. The molecule has 0 bridgehead atoms. The van der Waals surface area contributed by atoms with Crippen LogP contribution in [-0.4, -0.2) is 60.3 Å². The van der Waals surface area contributed by atoms with Crippen LogP contribution in [0.1, 0.15) is 0 Å². The summed E-state index contributed by atoms with van der Waals surface area (Å²) >= 11 is 0.0426. The van der Waals surface area contributed by atoms with Crippen LogP contribution >= 0.6 is 0 Å². The van der Waals surface area contributed by atoms with E-state index >= 15 is 0 Å². The molecule has 1 aliphatic heterocycles. The predicted octanol–water partition coefficient (Wildman–Crippen LogP) is -2.01. The zero-order valence-corrected chi connectivity index (χ0v) is 7.63. The molecule has 0 aliphatic carbocycles. The Bertz CT molecular complexity index is 132. The van der Waals surface area contributed by atoms with Crippen molar-refractivity contribution in [2.75, 3.05) is 6.61 Å². The van der Waals surface area contributed by atoms with E-state index in [1.807, 2.05) is 0 Å². The van der Waals surface area contributed by atoms with E-state index < -0.39 is 18.3 Å². The minimum absolute atomic E-state index is 0.0426. The van der Waals surface area contributed by atoms with E-state index in [-0.39, 0.29) is 26.4 Å². The predicted molar refractivity (Wildman–Crippen MR) is 39.4 cm³/mol. The SMILES string of the molecule is OC[C@@H](O)[C@@H]1[Se]C[C@@H](O)[C@H]1O. The van der Waals surface area contributed by atoms with E-state index in [4.69, 9.17) is 15.3 Å². The quantitative estimate of drug-likeness (QED) is 0.411. The molecule has 1 fully saturated rings. The molecule has 1 rings (SSSR count). The van der Waals surface area contributed by atoms with Crippen molar-refractivity contribution in [3.8, 4) is 0 Å². The molecule has 0 saturated carbocycles. The maximum atomic E-state index is 9.25. The fourth-order valence-corrected chi connectivity index (χ4v) is 3.80. The second-order valence-electron chi connectivity index (χ2n) is 2.61. The molecule has 1 saturated heterocycles. The normalized spacial score (nSPS) is 40.9. The van der Waals surface area contributed by atoms with Crippen molar-refractivity contribution in [1.82, 2.24) is 0 Å². The molecule has 1 aliphatic rings. The number of hydrogen-bond acceptors (Lipinski definition) is 4. The standard InChI is InChI=1S/C6H12O4Se/c7-1-3(8)6-5(10)4(9)2-11-6/h3-10H,1-2H2/t3-,4-,5-,6+/m1/s1. The Kier molecular flexibility index (Phi) is 3.30. The summed E-state index contributed by atoms with van der Waals surface area (Å²) in [6.45, 7) is -0.337. The van der Waals surface area contributed by atoms with Crippen molar-refractivity contribution >= 4 is 15.0 Å². The second-order valence-corrected chi connectivity index (χ2v) is 5.15. The molecule has 11 heavy (non-hydrogen) atoms. The van der Waals surface area contributed by atoms with Crippen molar-refractivity contribution in [3.05, 3.63) is 0 Å². The van der Waals surface area contributed by atoms with Crippen LogP contribution in [0.3, 0.4) is 0 Å². The summed E-state index contributed by atoms with van der Waals surface area (Å²) in [5, 5.41) is 36.6. The van der Waals surface area contributed by atoms with Crippen LogP contribution in [0.15, 0.2) is 0 Å². The van der Waals surface area contributed by atoms with Gasteiger partial charge in [0.2, 0.25) is 0 Å². The van der Waals surface area contributed by atoms with Gasteiger partial charge < -0.3 is 0 Å². The molecule has 5 heteroatoms. The van der Waals surface area contributed by atoms with Crippen LogP contribution in [0.2, 0.25) is 10.1 Å². The van der Waals surface area contributed by atoms with E-state index in [9.17, 15) is 5.11 Å². The summed E-state index contributed by atoms with van der Waals surface area (Å²) in [5.41, 5.74) is 0. The zero-order chi connectivity index (χ0) is 8.43. The Balaban J connectivity index is 2.47. The van der Waals surface area contributed by atoms with E-state index in [0.717, 1.165) is 0 Å². The van der Waals surface area contributed by atoms with Crippen LogP contribution in [0.25, 0.3) is 0 Å². The van der Waals surface area contributed by atoms with Gasteiger partial charge in [0.25, 0.3) is 0 Å². The number of aliphatic hydroxyl groups is 4. The van der Waals surface area contributed by atoms with Crippen LogP contribution < -0.4 is 0 Å². The van der Waals surface area contributed by atoms with Crippen LogP contribution in [0.4, 0.5) is 0 Å². The molecule has 0 aromatic rings. The third-order valence-electron chi connectivity index (χ3n) is 1.76. The second kappa shape index (κ2) is 3.85. The van der Waals surface area contributed by atoms with Gasteiger partial charge in [-0.1, -0.05) is 0 Å². The third-order valence-corrected chi connectivity index (χ3v) is 4.93. The van der Waals surface area contributed by atoms with Crippen molar-refractivity contribution in [2.45, 2.75) is 28.4 Å². The number of rotatable bonds is 2. The third kappa shape index (κ3) is 1.93. The Morgan fingerprint density at radius 3 is 2.45 bits per heavy atom. The van der Waals surface area contributed by atoms with Gasteiger partial charge in [-0.25, -0.2) is 0 Å². The first-order chi connectivity index (χ1) is 5.16. The van der Waals surface area contributed by atoms with Gasteiger partial charge in [-0.05, 0) is 0 Å². The number of hydrogen-bond donors (Lipinski definition) is 4.